The number of likely N-dealkylation sites (N-methyl/N-ethyl adjacent to an activating group) is 1. The van der Waals surface area contributed by atoms with Gasteiger partial charge in [0.2, 0.25) is 5.91 Å². The van der Waals surface area contributed by atoms with Gasteiger partial charge < -0.3 is 10.0 Å². The van der Waals surface area contributed by atoms with Gasteiger partial charge in [-0.1, -0.05) is 12.1 Å². The van der Waals surface area contributed by atoms with Gasteiger partial charge in [-0.05, 0) is 48.2 Å². The Labute approximate surface area is 118 Å². The second kappa shape index (κ2) is 4.37. The fourth-order valence-corrected chi connectivity index (χ4v) is 2.71. The van der Waals surface area contributed by atoms with E-state index in [0.717, 1.165) is 22.4 Å². The number of phenols is 1. The second-order valence-electron chi connectivity index (χ2n) is 5.42. The van der Waals surface area contributed by atoms with E-state index in [0.29, 0.717) is 6.42 Å². The molecular weight excluding hydrogens is 250 g/mol. The Kier molecular flexibility index (Phi) is 2.78. The first-order valence-corrected chi connectivity index (χ1v) is 6.67. The molecule has 3 nitrogen and oxygen atoms in total. The van der Waals surface area contributed by atoms with Crippen molar-refractivity contribution in [3.05, 3.63) is 47.0 Å². The summed E-state index contributed by atoms with van der Waals surface area (Å²) in [6.45, 7) is 4.14. The molecule has 0 aromatic heterocycles. The third kappa shape index (κ3) is 1.86. The van der Waals surface area contributed by atoms with E-state index in [4.69, 9.17) is 0 Å². The van der Waals surface area contributed by atoms with E-state index in [9.17, 15) is 9.90 Å². The standard InChI is InChI=1S/C17H17NO2/c1-10-6-12-8-17(20)18(3)16-9-13(19)4-5-14(16)15(12)7-11(10)2/h4-7,9,19H,8H2,1-3H3. The first-order valence-electron chi connectivity index (χ1n) is 6.67. The van der Waals surface area contributed by atoms with Crippen molar-refractivity contribution in [2.24, 2.45) is 0 Å². The summed E-state index contributed by atoms with van der Waals surface area (Å²) in [5.74, 6) is 0.217. The molecule has 0 unspecified atom stereocenters. The zero-order chi connectivity index (χ0) is 14.4. The van der Waals surface area contributed by atoms with Gasteiger partial charge in [-0.15, -0.1) is 0 Å². The molecule has 0 aliphatic carbocycles. The number of rotatable bonds is 0. The Hall–Kier alpha value is -2.29. The van der Waals surface area contributed by atoms with Crippen LogP contribution in [-0.2, 0) is 11.2 Å². The average Bonchev–Trinajstić information content (AvgIpc) is 2.49. The molecule has 1 heterocycles. The van der Waals surface area contributed by atoms with Crippen LogP contribution in [0.15, 0.2) is 30.3 Å². The van der Waals surface area contributed by atoms with Crippen LogP contribution in [0.3, 0.4) is 0 Å². The average molecular weight is 267 g/mol. The molecule has 3 rings (SSSR count). The molecule has 20 heavy (non-hydrogen) atoms. The van der Waals surface area contributed by atoms with Gasteiger partial charge in [0.05, 0.1) is 12.1 Å². The van der Waals surface area contributed by atoms with Crippen molar-refractivity contribution in [1.82, 2.24) is 0 Å². The number of aromatic hydroxyl groups is 1. The number of fused-ring (bicyclic) bond motifs is 3. The van der Waals surface area contributed by atoms with Gasteiger partial charge in [0.25, 0.3) is 0 Å². The van der Waals surface area contributed by atoms with Crippen LogP contribution in [-0.4, -0.2) is 18.1 Å². The molecule has 2 aromatic rings. The minimum absolute atomic E-state index is 0.0406. The summed E-state index contributed by atoms with van der Waals surface area (Å²) in [7, 11) is 1.76. The molecular formula is C17H17NO2. The van der Waals surface area contributed by atoms with E-state index in [-0.39, 0.29) is 11.7 Å². The maximum atomic E-state index is 12.3. The third-order valence-corrected chi connectivity index (χ3v) is 4.07. The van der Waals surface area contributed by atoms with Crippen LogP contribution in [0.4, 0.5) is 5.69 Å². The number of hydrogen-bond acceptors (Lipinski definition) is 2. The quantitative estimate of drug-likeness (QED) is 0.796. The van der Waals surface area contributed by atoms with Crippen molar-refractivity contribution in [2.75, 3.05) is 11.9 Å². The van der Waals surface area contributed by atoms with Crippen LogP contribution in [0.1, 0.15) is 16.7 Å². The number of aryl methyl sites for hydroxylation is 2. The molecule has 0 saturated carbocycles. The van der Waals surface area contributed by atoms with Crippen LogP contribution in [0.5, 0.6) is 5.75 Å². The summed E-state index contributed by atoms with van der Waals surface area (Å²) in [4.78, 5) is 13.9. The van der Waals surface area contributed by atoms with Crippen LogP contribution in [0.25, 0.3) is 11.1 Å². The summed E-state index contributed by atoms with van der Waals surface area (Å²) in [6, 6.07) is 9.43. The lowest BCUT2D eigenvalue weighted by Crippen LogP contribution is -2.26. The number of amides is 1. The number of nitrogens with zero attached hydrogens (tertiary/aromatic N) is 1. The lowest BCUT2D eigenvalue weighted by molar-refractivity contribution is -0.117. The first-order chi connectivity index (χ1) is 9.47. The zero-order valence-corrected chi connectivity index (χ0v) is 11.9. The molecule has 1 aliphatic heterocycles. The van der Waals surface area contributed by atoms with E-state index in [1.165, 1.54) is 11.1 Å². The summed E-state index contributed by atoms with van der Waals surface area (Å²) < 4.78 is 0. The number of carbonyl (C=O) groups excluding carboxylic acids is 1. The van der Waals surface area contributed by atoms with Crippen molar-refractivity contribution in [2.45, 2.75) is 20.3 Å². The predicted molar refractivity (Wildman–Crippen MR) is 80.1 cm³/mol. The van der Waals surface area contributed by atoms with Gasteiger partial charge >= 0.3 is 0 Å². The minimum Gasteiger partial charge on any atom is -0.508 e. The SMILES string of the molecule is Cc1cc2c(cc1C)-c1ccc(O)cc1N(C)C(=O)C2. The molecule has 0 saturated heterocycles. The fraction of sp³-hybridized carbons (Fsp3) is 0.235. The number of hydrogen-bond donors (Lipinski definition) is 1. The van der Waals surface area contributed by atoms with Gasteiger partial charge in [0.1, 0.15) is 5.75 Å². The molecule has 0 radical (unpaired) electrons. The smallest absolute Gasteiger partial charge is 0.231 e. The van der Waals surface area contributed by atoms with Gasteiger partial charge in [0.15, 0.2) is 0 Å². The Morgan fingerprint density at radius 1 is 1.05 bits per heavy atom. The monoisotopic (exact) mass is 267 g/mol. The van der Waals surface area contributed by atoms with Crippen LogP contribution in [0, 0.1) is 13.8 Å². The molecule has 102 valence electrons. The Morgan fingerprint density at radius 2 is 1.75 bits per heavy atom. The summed E-state index contributed by atoms with van der Waals surface area (Å²) in [5.41, 5.74) is 6.29. The second-order valence-corrected chi connectivity index (χ2v) is 5.42. The van der Waals surface area contributed by atoms with Crippen LogP contribution >= 0.6 is 0 Å². The van der Waals surface area contributed by atoms with Crippen molar-refractivity contribution in [3.63, 3.8) is 0 Å². The Balaban J connectivity index is 2.34. The van der Waals surface area contributed by atoms with Crippen LogP contribution in [0.2, 0.25) is 0 Å². The molecule has 0 spiro atoms. The molecule has 0 bridgehead atoms. The highest BCUT2D eigenvalue weighted by Crippen LogP contribution is 2.39. The summed E-state index contributed by atoms with van der Waals surface area (Å²) in [5, 5.41) is 9.69. The fourth-order valence-electron chi connectivity index (χ4n) is 2.71. The summed E-state index contributed by atoms with van der Waals surface area (Å²) in [6.07, 6.45) is 0.391. The predicted octanol–water partition coefficient (Wildman–Crippen LogP) is 3.19. The third-order valence-electron chi connectivity index (χ3n) is 4.07. The van der Waals surface area contributed by atoms with Crippen molar-refractivity contribution >= 4 is 11.6 Å². The van der Waals surface area contributed by atoms with E-state index >= 15 is 0 Å². The molecule has 1 amide bonds. The molecule has 2 aromatic carbocycles. The topological polar surface area (TPSA) is 40.5 Å². The van der Waals surface area contributed by atoms with Gasteiger partial charge in [-0.2, -0.15) is 0 Å². The van der Waals surface area contributed by atoms with E-state index < -0.39 is 0 Å². The van der Waals surface area contributed by atoms with Crippen molar-refractivity contribution < 1.29 is 9.90 Å². The zero-order valence-electron chi connectivity index (χ0n) is 11.9. The molecule has 1 aliphatic rings. The normalized spacial score (nSPS) is 13.8. The maximum Gasteiger partial charge on any atom is 0.231 e. The highest BCUT2D eigenvalue weighted by molar-refractivity contribution is 6.02. The maximum absolute atomic E-state index is 12.3. The Morgan fingerprint density at radius 3 is 2.50 bits per heavy atom. The lowest BCUT2D eigenvalue weighted by Gasteiger charge is -2.17. The molecule has 0 atom stereocenters. The van der Waals surface area contributed by atoms with E-state index in [2.05, 4.69) is 26.0 Å². The van der Waals surface area contributed by atoms with Crippen molar-refractivity contribution in [3.8, 4) is 16.9 Å². The molecule has 3 heteroatoms. The largest absolute Gasteiger partial charge is 0.508 e. The molecule has 0 fully saturated rings. The number of anilines is 1. The van der Waals surface area contributed by atoms with Gasteiger partial charge in [0, 0.05) is 18.7 Å². The number of carbonyl (C=O) groups is 1. The molecule has 1 N–H and O–H groups in total. The minimum atomic E-state index is 0.0406. The number of phenolic OH excluding ortho intramolecular Hbond substituents is 1. The van der Waals surface area contributed by atoms with Gasteiger partial charge in [-0.25, -0.2) is 0 Å². The summed E-state index contributed by atoms with van der Waals surface area (Å²) >= 11 is 0. The lowest BCUT2D eigenvalue weighted by atomic mass is 9.93. The van der Waals surface area contributed by atoms with Crippen LogP contribution < -0.4 is 4.90 Å². The number of benzene rings is 2. The van der Waals surface area contributed by atoms with E-state index in [1.807, 2.05) is 6.07 Å². The van der Waals surface area contributed by atoms with Gasteiger partial charge in [-0.3, -0.25) is 4.79 Å². The highest BCUT2D eigenvalue weighted by Gasteiger charge is 2.24. The highest BCUT2D eigenvalue weighted by atomic mass is 16.3. The first kappa shape index (κ1) is 12.7. The van der Waals surface area contributed by atoms with Crippen molar-refractivity contribution in [1.29, 1.82) is 0 Å². The van der Waals surface area contributed by atoms with E-state index in [1.54, 1.807) is 24.1 Å². The Bertz CT molecular complexity index is 719.